The van der Waals surface area contributed by atoms with Gasteiger partial charge in [-0.3, -0.25) is 4.79 Å². The van der Waals surface area contributed by atoms with Gasteiger partial charge in [-0.15, -0.1) is 0 Å². The third-order valence-electron chi connectivity index (χ3n) is 6.01. The van der Waals surface area contributed by atoms with Crippen LogP contribution in [-0.4, -0.2) is 67.3 Å². The van der Waals surface area contributed by atoms with Gasteiger partial charge in [0.2, 0.25) is 0 Å². The number of carbonyl (C=O) groups is 1. The second-order valence-electron chi connectivity index (χ2n) is 8.73. The summed E-state index contributed by atoms with van der Waals surface area (Å²) in [5, 5.41) is 13.0. The average Bonchev–Trinajstić information content (AvgIpc) is 2.77. The second-order valence-corrected chi connectivity index (χ2v) is 8.73. The zero-order valence-electron chi connectivity index (χ0n) is 18.5. The smallest absolute Gasteiger partial charge is 0.254 e. The van der Waals surface area contributed by atoms with E-state index in [2.05, 4.69) is 12.1 Å². The Labute approximate surface area is 183 Å². The Morgan fingerprint density at radius 1 is 1.06 bits per heavy atom. The van der Waals surface area contributed by atoms with Crippen LogP contribution >= 0.6 is 0 Å². The largest absolute Gasteiger partial charge is 0.497 e. The predicted octanol–water partition coefficient (Wildman–Crippen LogP) is 4.04. The maximum atomic E-state index is 13.5. The van der Waals surface area contributed by atoms with E-state index in [0.29, 0.717) is 31.6 Å². The first-order valence-corrected chi connectivity index (χ1v) is 10.7. The molecule has 1 amide bonds. The van der Waals surface area contributed by atoms with Crippen LogP contribution in [-0.2, 0) is 0 Å². The van der Waals surface area contributed by atoms with E-state index in [0.717, 1.165) is 34.1 Å². The first-order chi connectivity index (χ1) is 14.9. The van der Waals surface area contributed by atoms with Gasteiger partial charge in [-0.2, -0.15) is 0 Å². The summed E-state index contributed by atoms with van der Waals surface area (Å²) in [6.07, 6.45) is 1.52. The number of hydrogen-bond donors (Lipinski definition) is 1. The van der Waals surface area contributed by atoms with Crippen LogP contribution in [0.5, 0.6) is 5.75 Å². The number of nitrogens with zero attached hydrogens (tertiary/aromatic N) is 2. The van der Waals surface area contributed by atoms with Gasteiger partial charge in [-0.25, -0.2) is 0 Å². The normalized spacial score (nSPS) is 19.1. The minimum atomic E-state index is -0.865. The van der Waals surface area contributed by atoms with E-state index in [1.165, 1.54) is 0 Å². The third kappa shape index (κ3) is 4.43. The van der Waals surface area contributed by atoms with Gasteiger partial charge in [-0.05, 0) is 67.0 Å². The van der Waals surface area contributed by atoms with E-state index in [-0.39, 0.29) is 5.91 Å². The van der Waals surface area contributed by atoms with Gasteiger partial charge in [0.05, 0.1) is 19.3 Å². The van der Waals surface area contributed by atoms with E-state index in [4.69, 9.17) is 4.74 Å². The molecule has 1 aliphatic heterocycles. The molecule has 1 saturated heterocycles. The van der Waals surface area contributed by atoms with Crippen LogP contribution in [0.1, 0.15) is 23.2 Å². The van der Waals surface area contributed by atoms with Crippen molar-refractivity contribution in [3.8, 4) is 16.9 Å². The number of amides is 1. The molecule has 1 heterocycles. The zero-order valence-corrected chi connectivity index (χ0v) is 18.5. The summed E-state index contributed by atoms with van der Waals surface area (Å²) in [7, 11) is 5.55. The standard InChI is InChI=1S/C26H30N2O3/c1-27(2)17-26(30)15-6-16-28(18-26)25(29)24-10-5-8-22-21(7-4-9-23(22)24)19-11-13-20(31-3)14-12-19/h4-5,7-14,30H,6,15-18H2,1-3H3. The molecule has 1 fully saturated rings. The summed E-state index contributed by atoms with van der Waals surface area (Å²) in [6.45, 7) is 1.58. The topological polar surface area (TPSA) is 53.0 Å². The van der Waals surface area contributed by atoms with Crippen LogP contribution in [0.4, 0.5) is 0 Å². The van der Waals surface area contributed by atoms with Crippen molar-refractivity contribution in [1.82, 2.24) is 9.80 Å². The highest BCUT2D eigenvalue weighted by Gasteiger charge is 2.36. The number of hydrogen-bond acceptors (Lipinski definition) is 4. The van der Waals surface area contributed by atoms with Crippen LogP contribution in [0.25, 0.3) is 21.9 Å². The van der Waals surface area contributed by atoms with Crippen LogP contribution in [0.3, 0.4) is 0 Å². The maximum absolute atomic E-state index is 13.5. The number of ether oxygens (including phenoxy) is 1. The number of benzene rings is 3. The minimum absolute atomic E-state index is 0.0191. The Kier molecular flexibility index (Phi) is 5.99. The van der Waals surface area contributed by atoms with Gasteiger partial charge in [0.15, 0.2) is 0 Å². The molecule has 0 aromatic heterocycles. The molecule has 4 rings (SSSR count). The fourth-order valence-electron chi connectivity index (χ4n) is 4.69. The van der Waals surface area contributed by atoms with Crippen molar-refractivity contribution in [3.63, 3.8) is 0 Å². The Bertz CT molecular complexity index is 1080. The van der Waals surface area contributed by atoms with Gasteiger partial charge >= 0.3 is 0 Å². The van der Waals surface area contributed by atoms with Crippen LogP contribution in [0, 0.1) is 0 Å². The van der Waals surface area contributed by atoms with Crippen molar-refractivity contribution in [3.05, 3.63) is 66.2 Å². The summed E-state index contributed by atoms with van der Waals surface area (Å²) < 4.78 is 5.28. The van der Waals surface area contributed by atoms with Crippen molar-refractivity contribution < 1.29 is 14.6 Å². The molecule has 1 unspecified atom stereocenters. The fourth-order valence-corrected chi connectivity index (χ4v) is 4.69. The first-order valence-electron chi connectivity index (χ1n) is 10.7. The van der Waals surface area contributed by atoms with Crippen molar-refractivity contribution in [2.24, 2.45) is 0 Å². The molecule has 3 aromatic carbocycles. The number of fused-ring (bicyclic) bond motifs is 1. The monoisotopic (exact) mass is 418 g/mol. The number of aliphatic hydroxyl groups is 1. The fraction of sp³-hybridized carbons (Fsp3) is 0.346. The highest BCUT2D eigenvalue weighted by Crippen LogP contribution is 2.32. The lowest BCUT2D eigenvalue weighted by atomic mass is 9.91. The van der Waals surface area contributed by atoms with Crippen LogP contribution < -0.4 is 4.74 Å². The van der Waals surface area contributed by atoms with Gasteiger partial charge in [0.1, 0.15) is 5.75 Å². The first kappa shape index (κ1) is 21.3. The van der Waals surface area contributed by atoms with Crippen molar-refractivity contribution >= 4 is 16.7 Å². The lowest BCUT2D eigenvalue weighted by Crippen LogP contribution is -2.54. The molecule has 1 N–H and O–H groups in total. The molecule has 0 spiro atoms. The lowest BCUT2D eigenvalue weighted by molar-refractivity contribution is -0.0391. The molecular weight excluding hydrogens is 388 g/mol. The molecule has 1 aliphatic rings. The van der Waals surface area contributed by atoms with E-state index >= 15 is 0 Å². The highest BCUT2D eigenvalue weighted by atomic mass is 16.5. The Morgan fingerprint density at radius 2 is 1.77 bits per heavy atom. The molecule has 0 radical (unpaired) electrons. The highest BCUT2D eigenvalue weighted by molar-refractivity contribution is 6.10. The number of rotatable bonds is 5. The predicted molar refractivity (Wildman–Crippen MR) is 125 cm³/mol. The molecule has 31 heavy (non-hydrogen) atoms. The number of methoxy groups -OCH3 is 1. The number of piperidine rings is 1. The zero-order chi connectivity index (χ0) is 22.0. The second kappa shape index (κ2) is 8.69. The van der Waals surface area contributed by atoms with Crippen molar-refractivity contribution in [1.29, 1.82) is 0 Å². The van der Waals surface area contributed by atoms with E-state index in [1.807, 2.05) is 72.4 Å². The van der Waals surface area contributed by atoms with E-state index < -0.39 is 5.60 Å². The molecule has 0 bridgehead atoms. The number of β-amino-alcohol motifs (C(OH)–C–C–N with tert-alkyl or cyclic N) is 1. The van der Waals surface area contributed by atoms with Crippen LogP contribution in [0.2, 0.25) is 0 Å². The van der Waals surface area contributed by atoms with Gasteiger partial charge in [0.25, 0.3) is 5.91 Å². The summed E-state index contributed by atoms with van der Waals surface area (Å²) in [5.41, 5.74) is 1.98. The average molecular weight is 419 g/mol. The molecule has 3 aromatic rings. The summed E-state index contributed by atoms with van der Waals surface area (Å²) >= 11 is 0. The van der Waals surface area contributed by atoms with Crippen molar-refractivity contribution in [2.75, 3.05) is 40.8 Å². The molecule has 0 saturated carbocycles. The SMILES string of the molecule is COc1ccc(-c2cccc3c(C(=O)N4CCCC(O)(CN(C)C)C4)cccc23)cc1. The Balaban J connectivity index is 1.69. The third-order valence-corrected chi connectivity index (χ3v) is 6.01. The van der Waals surface area contributed by atoms with Crippen molar-refractivity contribution in [2.45, 2.75) is 18.4 Å². The maximum Gasteiger partial charge on any atom is 0.254 e. The Hall–Kier alpha value is -2.89. The molecule has 0 aliphatic carbocycles. The quantitative estimate of drug-likeness (QED) is 0.679. The van der Waals surface area contributed by atoms with E-state index in [1.54, 1.807) is 7.11 Å². The molecule has 1 atom stereocenters. The van der Waals surface area contributed by atoms with E-state index in [9.17, 15) is 9.90 Å². The number of likely N-dealkylation sites (tertiary alicyclic amines) is 1. The van der Waals surface area contributed by atoms with Gasteiger partial charge < -0.3 is 19.6 Å². The molecule has 162 valence electrons. The summed E-state index contributed by atoms with van der Waals surface area (Å²) in [5.74, 6) is 0.796. The van der Waals surface area contributed by atoms with Gasteiger partial charge in [0, 0.05) is 18.7 Å². The molecule has 5 nitrogen and oxygen atoms in total. The van der Waals surface area contributed by atoms with Crippen LogP contribution in [0.15, 0.2) is 60.7 Å². The molecule has 5 heteroatoms. The number of likely N-dealkylation sites (N-methyl/N-ethyl adjacent to an activating group) is 1. The lowest BCUT2D eigenvalue weighted by Gasteiger charge is -2.40. The minimum Gasteiger partial charge on any atom is -0.497 e. The molecular formula is C26H30N2O3. The Morgan fingerprint density at radius 3 is 2.48 bits per heavy atom. The summed E-state index contributed by atoms with van der Waals surface area (Å²) in [4.78, 5) is 17.3. The summed E-state index contributed by atoms with van der Waals surface area (Å²) in [6, 6.07) is 19.9. The van der Waals surface area contributed by atoms with Gasteiger partial charge in [-0.1, -0.05) is 42.5 Å². The number of carbonyl (C=O) groups excluding carboxylic acids is 1.